The van der Waals surface area contributed by atoms with Gasteiger partial charge in [-0.3, -0.25) is 4.79 Å². The molecule has 0 aromatic heterocycles. The molecule has 0 bridgehead atoms. The molecule has 0 N–H and O–H groups in total. The molecule has 0 saturated carbocycles. The first kappa shape index (κ1) is 14.1. The fourth-order valence-corrected chi connectivity index (χ4v) is 1.89. The topological polar surface area (TPSA) is 26.3 Å². The van der Waals surface area contributed by atoms with Gasteiger partial charge >= 0.3 is 6.18 Å². The molecule has 0 unspecified atom stereocenters. The summed E-state index contributed by atoms with van der Waals surface area (Å²) in [5.74, 6) is -2.05. The molecule has 0 aliphatic carbocycles. The molecule has 0 fully saturated rings. The highest BCUT2D eigenvalue weighted by Crippen LogP contribution is 2.27. The van der Waals surface area contributed by atoms with E-state index in [9.17, 15) is 18.0 Å². The molecule has 0 aliphatic heterocycles. The maximum Gasteiger partial charge on any atom is 0.454 e. The van der Waals surface area contributed by atoms with E-state index in [1.807, 2.05) is 18.2 Å². The second-order valence-corrected chi connectivity index (χ2v) is 4.10. The third-order valence-electron chi connectivity index (χ3n) is 2.82. The summed E-state index contributed by atoms with van der Waals surface area (Å²) in [5, 5.41) is 1.57. The van der Waals surface area contributed by atoms with Gasteiger partial charge in [0.05, 0.1) is 7.11 Å². The van der Waals surface area contributed by atoms with E-state index in [0.717, 1.165) is 10.8 Å². The monoisotopic (exact) mass is 280 g/mol. The maximum absolute atomic E-state index is 12.3. The van der Waals surface area contributed by atoms with Gasteiger partial charge in [-0.05, 0) is 10.8 Å². The van der Waals surface area contributed by atoms with E-state index in [1.54, 1.807) is 24.3 Å². The first-order chi connectivity index (χ1) is 9.43. The number of fused-ring (bicyclic) bond motifs is 1. The second kappa shape index (κ2) is 5.36. The van der Waals surface area contributed by atoms with Crippen molar-refractivity contribution in [1.82, 2.24) is 0 Å². The van der Waals surface area contributed by atoms with E-state index in [1.165, 1.54) is 7.11 Å². The van der Waals surface area contributed by atoms with E-state index < -0.39 is 12.0 Å². The van der Waals surface area contributed by atoms with Crippen LogP contribution in [0, 0.1) is 0 Å². The summed E-state index contributed by atoms with van der Waals surface area (Å²) in [6.07, 6.45) is -4.43. The van der Waals surface area contributed by atoms with E-state index in [-0.39, 0.29) is 5.76 Å². The molecule has 0 heterocycles. The molecule has 20 heavy (non-hydrogen) atoms. The summed E-state index contributed by atoms with van der Waals surface area (Å²) >= 11 is 0. The van der Waals surface area contributed by atoms with E-state index in [4.69, 9.17) is 4.74 Å². The summed E-state index contributed by atoms with van der Waals surface area (Å²) in [7, 11) is 1.23. The van der Waals surface area contributed by atoms with Crippen molar-refractivity contribution in [3.05, 3.63) is 54.1 Å². The molecule has 5 heteroatoms. The van der Waals surface area contributed by atoms with Crippen molar-refractivity contribution >= 4 is 22.3 Å². The molecule has 0 saturated heterocycles. The summed E-state index contributed by atoms with van der Waals surface area (Å²) in [5.41, 5.74) is 0.447. The Morgan fingerprint density at radius 1 is 1.10 bits per heavy atom. The summed E-state index contributed by atoms with van der Waals surface area (Å²) < 4.78 is 41.9. The van der Waals surface area contributed by atoms with Gasteiger partial charge in [0.15, 0.2) is 0 Å². The van der Waals surface area contributed by atoms with Crippen LogP contribution in [0.2, 0.25) is 0 Å². The molecule has 0 aliphatic rings. The molecule has 2 nitrogen and oxygen atoms in total. The van der Waals surface area contributed by atoms with E-state index in [0.29, 0.717) is 11.6 Å². The van der Waals surface area contributed by atoms with Crippen molar-refractivity contribution in [3.63, 3.8) is 0 Å². The molecule has 104 valence electrons. The van der Waals surface area contributed by atoms with E-state index >= 15 is 0 Å². The minimum atomic E-state index is -4.91. The summed E-state index contributed by atoms with van der Waals surface area (Å²) in [4.78, 5) is 11.1. The van der Waals surface area contributed by atoms with Crippen LogP contribution in [0.3, 0.4) is 0 Å². The van der Waals surface area contributed by atoms with Crippen molar-refractivity contribution in [3.8, 4) is 0 Å². The normalized spacial score (nSPS) is 12.5. The van der Waals surface area contributed by atoms with Crippen LogP contribution in [0.25, 0.3) is 16.5 Å². The lowest BCUT2D eigenvalue weighted by molar-refractivity contribution is -0.165. The number of methoxy groups -OCH3 is 1. The lowest BCUT2D eigenvalue weighted by Crippen LogP contribution is -2.20. The highest BCUT2D eigenvalue weighted by molar-refractivity contribution is 6.02. The minimum absolute atomic E-state index is 0.107. The number of carbonyl (C=O) groups is 1. The minimum Gasteiger partial charge on any atom is -0.496 e. The lowest BCUT2D eigenvalue weighted by atomic mass is 10.0. The standard InChI is InChI=1S/C15H11F3O2/c1-20-13(9-14(19)15(16,17)18)12-8-4-6-10-5-2-3-7-11(10)12/h2-9H,1H3/b13-9-. The van der Waals surface area contributed by atoms with Gasteiger partial charge in [-0.15, -0.1) is 0 Å². The number of allylic oxidation sites excluding steroid dienone is 1. The number of alkyl halides is 3. The number of ketones is 1. The van der Waals surface area contributed by atoms with Crippen LogP contribution in [-0.4, -0.2) is 19.1 Å². The Bertz CT molecular complexity index is 667. The molecule has 0 amide bonds. The molecule has 2 aromatic rings. The van der Waals surface area contributed by atoms with Gasteiger partial charge in [-0.2, -0.15) is 13.2 Å². The predicted octanol–water partition coefficient (Wildman–Crippen LogP) is 3.96. The van der Waals surface area contributed by atoms with E-state index in [2.05, 4.69) is 0 Å². The number of halogens is 3. The molecular weight excluding hydrogens is 269 g/mol. The largest absolute Gasteiger partial charge is 0.496 e. The van der Waals surface area contributed by atoms with Crippen LogP contribution in [0.15, 0.2) is 48.5 Å². The van der Waals surface area contributed by atoms with Gasteiger partial charge in [-0.25, -0.2) is 0 Å². The molecule has 2 rings (SSSR count). The van der Waals surface area contributed by atoms with Crippen molar-refractivity contribution in [1.29, 1.82) is 0 Å². The number of ether oxygens (including phenoxy) is 1. The Hall–Kier alpha value is -2.30. The van der Waals surface area contributed by atoms with Gasteiger partial charge < -0.3 is 4.74 Å². The smallest absolute Gasteiger partial charge is 0.454 e. The fourth-order valence-electron chi connectivity index (χ4n) is 1.89. The summed E-state index contributed by atoms with van der Waals surface area (Å²) in [6, 6.07) is 12.3. The molecule has 0 atom stereocenters. The molecule has 0 radical (unpaired) electrons. The zero-order valence-electron chi connectivity index (χ0n) is 10.6. The second-order valence-electron chi connectivity index (χ2n) is 4.10. The SMILES string of the molecule is CO/C(=C\C(=O)C(F)(F)F)c1cccc2ccccc12. The Morgan fingerprint density at radius 3 is 2.40 bits per heavy atom. The van der Waals surface area contributed by atoms with Crippen molar-refractivity contribution in [2.75, 3.05) is 7.11 Å². The molecule has 0 spiro atoms. The van der Waals surface area contributed by atoms with Gasteiger partial charge in [0.2, 0.25) is 0 Å². The average molecular weight is 280 g/mol. The number of rotatable bonds is 3. The Balaban J connectivity index is 2.56. The Morgan fingerprint density at radius 2 is 1.75 bits per heavy atom. The maximum atomic E-state index is 12.3. The zero-order valence-corrected chi connectivity index (χ0v) is 10.6. The predicted molar refractivity (Wildman–Crippen MR) is 70.0 cm³/mol. The Kier molecular flexibility index (Phi) is 3.79. The summed E-state index contributed by atoms with van der Waals surface area (Å²) in [6.45, 7) is 0. The fraction of sp³-hybridized carbons (Fsp3) is 0.133. The van der Waals surface area contributed by atoms with Gasteiger partial charge in [-0.1, -0.05) is 42.5 Å². The van der Waals surface area contributed by atoms with Crippen molar-refractivity contribution in [2.45, 2.75) is 6.18 Å². The Labute approximate surface area is 113 Å². The quantitative estimate of drug-likeness (QED) is 0.628. The van der Waals surface area contributed by atoms with Crippen molar-refractivity contribution in [2.24, 2.45) is 0 Å². The molecule has 2 aromatic carbocycles. The third kappa shape index (κ3) is 2.82. The van der Waals surface area contributed by atoms with Gasteiger partial charge in [0, 0.05) is 11.6 Å². The number of hydrogen-bond donors (Lipinski definition) is 0. The average Bonchev–Trinajstić information content (AvgIpc) is 2.43. The van der Waals surface area contributed by atoms with Crippen LogP contribution in [-0.2, 0) is 9.53 Å². The van der Waals surface area contributed by atoms with Crippen molar-refractivity contribution < 1.29 is 22.7 Å². The number of carbonyl (C=O) groups excluding carboxylic acids is 1. The van der Waals surface area contributed by atoms with Gasteiger partial charge in [0.25, 0.3) is 5.78 Å². The number of benzene rings is 2. The van der Waals surface area contributed by atoms with Crippen LogP contribution >= 0.6 is 0 Å². The highest BCUT2D eigenvalue weighted by Gasteiger charge is 2.37. The third-order valence-corrected chi connectivity index (χ3v) is 2.82. The van der Waals surface area contributed by atoms with Crippen LogP contribution in [0.1, 0.15) is 5.56 Å². The van der Waals surface area contributed by atoms with Gasteiger partial charge in [0.1, 0.15) is 5.76 Å². The number of hydrogen-bond acceptors (Lipinski definition) is 2. The first-order valence-electron chi connectivity index (χ1n) is 5.78. The highest BCUT2D eigenvalue weighted by atomic mass is 19.4. The van der Waals surface area contributed by atoms with Crippen LogP contribution < -0.4 is 0 Å². The lowest BCUT2D eigenvalue weighted by Gasteiger charge is -2.10. The first-order valence-corrected chi connectivity index (χ1v) is 5.78. The van der Waals surface area contributed by atoms with Crippen LogP contribution in [0.5, 0.6) is 0 Å². The zero-order chi connectivity index (χ0) is 14.8. The van der Waals surface area contributed by atoms with Crippen LogP contribution in [0.4, 0.5) is 13.2 Å². The molecular formula is C15H11F3O2.